The van der Waals surface area contributed by atoms with Gasteiger partial charge in [-0.25, -0.2) is 0 Å². The number of hydrogen-bond donors (Lipinski definition) is 1. The highest BCUT2D eigenvalue weighted by Crippen LogP contribution is 2.42. The summed E-state index contributed by atoms with van der Waals surface area (Å²) in [6.07, 6.45) is 0.372. The Balaban J connectivity index is 2.05. The Bertz CT molecular complexity index is 985. The van der Waals surface area contributed by atoms with Crippen molar-refractivity contribution in [2.45, 2.75) is 11.7 Å². The highest BCUT2D eigenvalue weighted by molar-refractivity contribution is 9.10. The Hall–Kier alpha value is -2.27. The molecule has 0 aromatic heterocycles. The molecule has 1 heterocycles. The number of nitriles is 1. The Kier molecular flexibility index (Phi) is 5.90. The van der Waals surface area contributed by atoms with Crippen LogP contribution in [0, 0.1) is 11.3 Å². The third-order valence-corrected chi connectivity index (χ3v) is 6.13. The van der Waals surface area contributed by atoms with Gasteiger partial charge in [0.2, 0.25) is 5.91 Å². The van der Waals surface area contributed by atoms with E-state index in [4.69, 9.17) is 17.3 Å². The molecule has 1 aliphatic heterocycles. The van der Waals surface area contributed by atoms with E-state index in [1.54, 1.807) is 30.3 Å². The fraction of sp³-hybridized carbons (Fsp3) is 0.105. The van der Waals surface area contributed by atoms with Crippen LogP contribution in [-0.4, -0.2) is 17.1 Å². The van der Waals surface area contributed by atoms with Crippen molar-refractivity contribution in [1.82, 2.24) is 0 Å². The summed E-state index contributed by atoms with van der Waals surface area (Å²) < 4.78 is 0.846. The number of benzene rings is 2. The number of primary amides is 1. The number of halogens is 2. The van der Waals surface area contributed by atoms with Crippen LogP contribution in [0.4, 0.5) is 5.69 Å². The number of nitrogens with two attached hydrogens (primary N) is 1. The van der Waals surface area contributed by atoms with Crippen LogP contribution in [0.15, 0.2) is 63.6 Å². The minimum atomic E-state index is -0.867. The van der Waals surface area contributed by atoms with Gasteiger partial charge in [0.1, 0.15) is 16.7 Å². The van der Waals surface area contributed by atoms with Crippen molar-refractivity contribution in [3.63, 3.8) is 0 Å². The van der Waals surface area contributed by atoms with E-state index in [0.29, 0.717) is 17.1 Å². The number of amides is 2. The Labute approximate surface area is 173 Å². The number of carbonyl (C=O) groups excluding carboxylic acids is 2. The van der Waals surface area contributed by atoms with Crippen molar-refractivity contribution in [1.29, 1.82) is 5.26 Å². The van der Waals surface area contributed by atoms with Crippen molar-refractivity contribution < 1.29 is 9.59 Å². The first-order valence-electron chi connectivity index (χ1n) is 7.86. The standard InChI is InChI=1S/C19H13BrClN3O2S/c20-12-5-7-13(8-6-12)24-18(26)16(9-11-3-1-2-4-15(11)21)27-19(24)14(10-22)17(23)25/h1-8,16H,9H2,(H2,23,25)/b19-14-. The van der Waals surface area contributed by atoms with Crippen molar-refractivity contribution in [3.05, 3.63) is 74.2 Å². The van der Waals surface area contributed by atoms with E-state index < -0.39 is 11.2 Å². The number of rotatable bonds is 4. The Morgan fingerprint density at radius 3 is 2.52 bits per heavy atom. The van der Waals surface area contributed by atoms with Crippen LogP contribution in [0.1, 0.15) is 5.56 Å². The smallest absolute Gasteiger partial charge is 0.262 e. The molecule has 3 rings (SSSR count). The molecular formula is C19H13BrClN3O2S. The zero-order chi connectivity index (χ0) is 19.6. The zero-order valence-corrected chi connectivity index (χ0v) is 17.0. The van der Waals surface area contributed by atoms with E-state index in [0.717, 1.165) is 21.8 Å². The summed E-state index contributed by atoms with van der Waals surface area (Å²) in [5, 5.41) is 9.67. The van der Waals surface area contributed by atoms with Crippen molar-refractivity contribution in [2.75, 3.05) is 4.90 Å². The lowest BCUT2D eigenvalue weighted by molar-refractivity contribution is -0.117. The third-order valence-electron chi connectivity index (χ3n) is 3.97. The maximum atomic E-state index is 13.1. The zero-order valence-electron chi connectivity index (χ0n) is 13.9. The van der Waals surface area contributed by atoms with E-state index in [1.165, 1.54) is 4.90 Å². The molecule has 1 atom stereocenters. The molecule has 8 heteroatoms. The second-order valence-corrected chi connectivity index (χ2v) is 8.22. The molecule has 2 aromatic rings. The van der Waals surface area contributed by atoms with Crippen LogP contribution < -0.4 is 10.6 Å². The van der Waals surface area contributed by atoms with Gasteiger partial charge < -0.3 is 5.73 Å². The summed E-state index contributed by atoms with van der Waals surface area (Å²) in [5.41, 5.74) is 6.50. The predicted molar refractivity (Wildman–Crippen MR) is 110 cm³/mol. The first-order chi connectivity index (χ1) is 12.9. The minimum Gasteiger partial charge on any atom is -0.365 e. The van der Waals surface area contributed by atoms with Gasteiger partial charge in [-0.3, -0.25) is 14.5 Å². The molecule has 1 saturated heterocycles. The van der Waals surface area contributed by atoms with Crippen LogP contribution in [-0.2, 0) is 16.0 Å². The molecule has 0 saturated carbocycles. The topological polar surface area (TPSA) is 87.2 Å². The van der Waals surface area contributed by atoms with E-state index in [1.807, 2.05) is 24.3 Å². The number of carbonyl (C=O) groups is 2. The lowest BCUT2D eigenvalue weighted by Gasteiger charge is -2.18. The van der Waals surface area contributed by atoms with Gasteiger partial charge in [-0.2, -0.15) is 5.26 Å². The Morgan fingerprint density at radius 2 is 1.93 bits per heavy atom. The summed E-state index contributed by atoms with van der Waals surface area (Å²) in [7, 11) is 0. The number of nitrogens with zero attached hydrogens (tertiary/aromatic N) is 2. The van der Waals surface area contributed by atoms with E-state index in [-0.39, 0.29) is 16.5 Å². The summed E-state index contributed by atoms with van der Waals surface area (Å²) >= 11 is 10.7. The van der Waals surface area contributed by atoms with Crippen molar-refractivity contribution in [2.24, 2.45) is 5.73 Å². The molecule has 27 heavy (non-hydrogen) atoms. The highest BCUT2D eigenvalue weighted by Gasteiger charge is 2.40. The molecule has 1 fully saturated rings. The van der Waals surface area contributed by atoms with Crippen LogP contribution in [0.3, 0.4) is 0 Å². The largest absolute Gasteiger partial charge is 0.365 e. The van der Waals surface area contributed by atoms with Gasteiger partial charge in [0.25, 0.3) is 5.91 Å². The fourth-order valence-electron chi connectivity index (χ4n) is 2.69. The summed E-state index contributed by atoms with van der Waals surface area (Å²) in [6.45, 7) is 0. The number of anilines is 1. The Morgan fingerprint density at radius 1 is 1.26 bits per heavy atom. The summed E-state index contributed by atoms with van der Waals surface area (Å²) in [5.74, 6) is -1.10. The molecule has 5 nitrogen and oxygen atoms in total. The van der Waals surface area contributed by atoms with E-state index in [2.05, 4.69) is 15.9 Å². The van der Waals surface area contributed by atoms with Crippen LogP contribution in [0.2, 0.25) is 5.02 Å². The van der Waals surface area contributed by atoms with Crippen molar-refractivity contribution in [3.8, 4) is 6.07 Å². The molecule has 0 aliphatic carbocycles. The van der Waals surface area contributed by atoms with Gasteiger partial charge >= 0.3 is 0 Å². The predicted octanol–water partition coefficient (Wildman–Crippen LogP) is 4.01. The third kappa shape index (κ3) is 4.03. The molecule has 0 radical (unpaired) electrons. The lowest BCUT2D eigenvalue weighted by Crippen LogP contribution is -2.31. The number of hydrogen-bond acceptors (Lipinski definition) is 4. The number of thioether (sulfide) groups is 1. The molecule has 2 amide bonds. The SMILES string of the molecule is N#C/C(C(N)=O)=C1/SC(Cc2ccccc2Cl)C(=O)N1c1ccc(Br)cc1. The van der Waals surface area contributed by atoms with Crippen molar-refractivity contribution >= 4 is 56.8 Å². The van der Waals surface area contributed by atoms with E-state index >= 15 is 0 Å². The average Bonchev–Trinajstić information content (AvgIpc) is 2.94. The fourth-order valence-corrected chi connectivity index (χ4v) is 4.47. The quantitative estimate of drug-likeness (QED) is 0.549. The molecule has 1 aliphatic rings. The van der Waals surface area contributed by atoms with E-state index in [9.17, 15) is 14.9 Å². The lowest BCUT2D eigenvalue weighted by atomic mass is 10.1. The van der Waals surface area contributed by atoms with Crippen LogP contribution in [0.5, 0.6) is 0 Å². The molecular weight excluding hydrogens is 450 g/mol. The first-order valence-corrected chi connectivity index (χ1v) is 9.91. The maximum Gasteiger partial charge on any atom is 0.262 e. The molecule has 0 bridgehead atoms. The van der Waals surface area contributed by atoms with Gasteiger partial charge in [-0.05, 0) is 42.3 Å². The second kappa shape index (κ2) is 8.17. The van der Waals surface area contributed by atoms with Gasteiger partial charge in [0.15, 0.2) is 0 Å². The van der Waals surface area contributed by atoms with Gasteiger partial charge in [0, 0.05) is 15.2 Å². The first kappa shape index (κ1) is 19.5. The van der Waals surface area contributed by atoms with Gasteiger partial charge in [-0.1, -0.05) is 57.5 Å². The second-order valence-electron chi connectivity index (χ2n) is 5.71. The van der Waals surface area contributed by atoms with Gasteiger partial charge in [0.05, 0.1) is 5.25 Å². The molecule has 0 spiro atoms. The molecule has 136 valence electrons. The highest BCUT2D eigenvalue weighted by atomic mass is 79.9. The van der Waals surface area contributed by atoms with Gasteiger partial charge in [-0.15, -0.1) is 0 Å². The summed E-state index contributed by atoms with van der Waals surface area (Å²) in [4.78, 5) is 26.2. The normalized spacial score (nSPS) is 18.3. The summed E-state index contributed by atoms with van der Waals surface area (Å²) in [6, 6.07) is 16.1. The van der Waals surface area contributed by atoms with Crippen LogP contribution in [0.25, 0.3) is 0 Å². The molecule has 1 unspecified atom stereocenters. The molecule has 2 N–H and O–H groups in total. The average molecular weight is 463 g/mol. The maximum absolute atomic E-state index is 13.1. The molecule has 2 aromatic carbocycles. The monoisotopic (exact) mass is 461 g/mol. The van der Waals surface area contributed by atoms with Crippen LogP contribution >= 0.6 is 39.3 Å². The minimum absolute atomic E-state index is 0.230.